The van der Waals surface area contributed by atoms with Gasteiger partial charge in [0, 0.05) is 6.61 Å². The van der Waals surface area contributed by atoms with Gasteiger partial charge in [0.05, 0.1) is 6.10 Å². The lowest BCUT2D eigenvalue weighted by atomic mass is 10.1. The first-order valence-corrected chi connectivity index (χ1v) is 14.8. The van der Waals surface area contributed by atoms with Crippen molar-refractivity contribution in [2.24, 2.45) is 0 Å². The minimum absolute atomic E-state index is 0.187. The number of ether oxygens (including phenoxy) is 1. The van der Waals surface area contributed by atoms with E-state index >= 15 is 0 Å². The predicted octanol–water partition coefficient (Wildman–Crippen LogP) is 8.27. The molecule has 1 aromatic carbocycles. The lowest BCUT2D eigenvalue weighted by Gasteiger charge is -2.24. The Balaban J connectivity index is 2.03. The fourth-order valence-corrected chi connectivity index (χ4v) is 4.83. The fourth-order valence-electron chi connectivity index (χ4n) is 3.43. The van der Waals surface area contributed by atoms with Gasteiger partial charge in [-0.3, -0.25) is 0 Å². The van der Waals surface area contributed by atoms with Crippen LogP contribution in [0.3, 0.4) is 0 Å². The molecule has 29 heavy (non-hydrogen) atoms. The molecule has 0 fully saturated rings. The van der Waals surface area contributed by atoms with Gasteiger partial charge in [0.2, 0.25) is 0 Å². The molecule has 0 amide bonds. The van der Waals surface area contributed by atoms with Crippen molar-refractivity contribution in [1.82, 2.24) is 0 Å². The third kappa shape index (κ3) is 14.6. The van der Waals surface area contributed by atoms with Crippen LogP contribution in [0.15, 0.2) is 24.3 Å². The van der Waals surface area contributed by atoms with Gasteiger partial charge in [-0.25, -0.2) is 0 Å². The van der Waals surface area contributed by atoms with E-state index in [0.29, 0.717) is 0 Å². The van der Waals surface area contributed by atoms with Gasteiger partial charge in [-0.05, 0) is 57.6 Å². The Bertz CT molecular complexity index is 499. The molecule has 3 nitrogen and oxygen atoms in total. The third-order valence-corrected chi connectivity index (χ3v) is 6.63. The highest BCUT2D eigenvalue weighted by atomic mass is 28.4. The normalized spacial score (nSPS) is 11.8. The van der Waals surface area contributed by atoms with E-state index < -0.39 is 8.56 Å². The first-order valence-electron chi connectivity index (χ1n) is 12.0. The third-order valence-electron chi connectivity index (χ3n) is 5.01. The number of benzene rings is 1. The van der Waals surface area contributed by atoms with Crippen molar-refractivity contribution in [3.8, 4) is 11.5 Å². The molecule has 0 aliphatic carbocycles. The van der Waals surface area contributed by atoms with Crippen molar-refractivity contribution in [1.29, 1.82) is 0 Å². The van der Waals surface area contributed by atoms with Gasteiger partial charge in [-0.1, -0.05) is 77.6 Å². The van der Waals surface area contributed by atoms with Crippen molar-refractivity contribution in [3.63, 3.8) is 0 Å². The maximum Gasteiger partial charge on any atom is 0.392 e. The largest absolute Gasteiger partial charge is 0.520 e. The molecular formula is C25H46O3Si. The summed E-state index contributed by atoms with van der Waals surface area (Å²) in [5.41, 5.74) is 0. The highest BCUT2D eigenvalue weighted by molar-refractivity contribution is 6.65. The minimum Gasteiger partial charge on any atom is -0.520 e. The second kappa shape index (κ2) is 15.8. The Morgan fingerprint density at radius 1 is 0.690 bits per heavy atom. The lowest BCUT2D eigenvalue weighted by molar-refractivity contribution is 0.237. The van der Waals surface area contributed by atoms with Crippen molar-refractivity contribution in [3.05, 3.63) is 24.3 Å². The first-order chi connectivity index (χ1) is 13.9. The molecule has 0 bridgehead atoms. The predicted molar refractivity (Wildman–Crippen MR) is 127 cm³/mol. The van der Waals surface area contributed by atoms with Crippen LogP contribution < -0.4 is 9.16 Å². The molecule has 0 saturated heterocycles. The maximum atomic E-state index is 6.13. The van der Waals surface area contributed by atoms with Crippen LogP contribution in [-0.4, -0.2) is 21.3 Å². The van der Waals surface area contributed by atoms with E-state index in [1.165, 1.54) is 70.6 Å². The van der Waals surface area contributed by atoms with Crippen LogP contribution in [0.25, 0.3) is 0 Å². The second-order valence-corrected chi connectivity index (χ2v) is 12.2. The molecule has 0 atom stereocenters. The summed E-state index contributed by atoms with van der Waals surface area (Å²) in [7, 11) is -2.13. The van der Waals surface area contributed by atoms with Crippen LogP contribution in [0.5, 0.6) is 11.5 Å². The summed E-state index contributed by atoms with van der Waals surface area (Å²) >= 11 is 0. The van der Waals surface area contributed by atoms with Crippen LogP contribution >= 0.6 is 0 Å². The van der Waals surface area contributed by atoms with Gasteiger partial charge in [-0.15, -0.1) is 0 Å². The van der Waals surface area contributed by atoms with Crippen molar-refractivity contribution >= 4 is 8.56 Å². The minimum atomic E-state index is -2.13. The standard InChI is InChI=1S/C25H46O3Si/c1-6-7-8-9-10-11-12-13-14-15-16-17-22-26-29(4,5)28-25-20-18-24(19-21-25)27-23(2)3/h18-21,23H,6-17,22H2,1-5H3. The Labute approximate surface area is 181 Å². The van der Waals surface area contributed by atoms with Gasteiger partial charge < -0.3 is 13.6 Å². The SMILES string of the molecule is CCCCCCCCCCCCCCO[Si](C)(C)Oc1ccc(OC(C)C)cc1. The first kappa shape index (κ1) is 26.0. The zero-order chi connectivity index (χ0) is 21.4. The van der Waals surface area contributed by atoms with Gasteiger partial charge >= 0.3 is 8.56 Å². The summed E-state index contributed by atoms with van der Waals surface area (Å²) in [6.45, 7) is 11.4. The average molecular weight is 423 g/mol. The Morgan fingerprint density at radius 2 is 1.14 bits per heavy atom. The topological polar surface area (TPSA) is 27.7 Å². The van der Waals surface area contributed by atoms with Crippen LogP contribution in [-0.2, 0) is 4.43 Å². The summed E-state index contributed by atoms with van der Waals surface area (Å²) in [6, 6.07) is 7.87. The Kier molecular flexibility index (Phi) is 14.2. The summed E-state index contributed by atoms with van der Waals surface area (Å²) < 4.78 is 17.9. The van der Waals surface area contributed by atoms with E-state index in [1.54, 1.807) is 0 Å². The van der Waals surface area contributed by atoms with Crippen molar-refractivity contribution in [2.45, 2.75) is 117 Å². The molecule has 0 radical (unpaired) electrons. The van der Waals surface area contributed by atoms with Gasteiger partial charge in [0.1, 0.15) is 11.5 Å². The molecule has 0 aromatic heterocycles. The molecule has 0 aliphatic heterocycles. The van der Waals surface area contributed by atoms with Crippen LogP contribution in [0, 0.1) is 0 Å². The molecule has 4 heteroatoms. The molecular weight excluding hydrogens is 376 g/mol. The summed E-state index contributed by atoms with van der Waals surface area (Å²) in [5, 5.41) is 0. The highest BCUT2D eigenvalue weighted by Gasteiger charge is 2.26. The fraction of sp³-hybridized carbons (Fsp3) is 0.760. The maximum absolute atomic E-state index is 6.13. The zero-order valence-corrected chi connectivity index (χ0v) is 20.8. The molecule has 0 heterocycles. The number of hydrogen-bond acceptors (Lipinski definition) is 3. The number of unbranched alkanes of at least 4 members (excludes halogenated alkanes) is 11. The second-order valence-electron chi connectivity index (χ2n) is 8.88. The molecule has 168 valence electrons. The van der Waals surface area contributed by atoms with E-state index in [0.717, 1.165) is 24.5 Å². The smallest absolute Gasteiger partial charge is 0.392 e. The van der Waals surface area contributed by atoms with Gasteiger partial charge in [-0.2, -0.15) is 0 Å². The molecule has 1 rings (SSSR count). The zero-order valence-electron chi connectivity index (χ0n) is 19.8. The van der Waals surface area contributed by atoms with Gasteiger partial charge in [0.25, 0.3) is 0 Å². The van der Waals surface area contributed by atoms with Crippen LogP contribution in [0.4, 0.5) is 0 Å². The van der Waals surface area contributed by atoms with Crippen molar-refractivity contribution in [2.75, 3.05) is 6.61 Å². The molecule has 0 aliphatic rings. The molecule has 0 saturated carbocycles. The lowest BCUT2D eigenvalue weighted by Crippen LogP contribution is -2.38. The Hall–Kier alpha value is -1.00. The Morgan fingerprint density at radius 3 is 1.62 bits per heavy atom. The van der Waals surface area contributed by atoms with E-state index in [1.807, 2.05) is 38.1 Å². The van der Waals surface area contributed by atoms with Crippen molar-refractivity contribution < 1.29 is 13.6 Å². The summed E-state index contributed by atoms with van der Waals surface area (Å²) in [4.78, 5) is 0. The number of rotatable bonds is 18. The molecule has 1 aromatic rings. The van der Waals surface area contributed by atoms with Crippen LogP contribution in [0.1, 0.15) is 97.8 Å². The van der Waals surface area contributed by atoms with E-state index in [4.69, 9.17) is 13.6 Å². The summed E-state index contributed by atoms with van der Waals surface area (Å²) in [6.07, 6.45) is 16.6. The van der Waals surface area contributed by atoms with E-state index in [2.05, 4.69) is 20.0 Å². The van der Waals surface area contributed by atoms with Gasteiger partial charge in [0.15, 0.2) is 0 Å². The molecule has 0 N–H and O–H groups in total. The highest BCUT2D eigenvalue weighted by Crippen LogP contribution is 2.22. The summed E-state index contributed by atoms with van der Waals surface area (Å²) in [5.74, 6) is 1.75. The molecule has 0 unspecified atom stereocenters. The number of hydrogen-bond donors (Lipinski definition) is 0. The monoisotopic (exact) mass is 422 g/mol. The van der Waals surface area contributed by atoms with Crippen LogP contribution in [0.2, 0.25) is 13.1 Å². The molecule has 0 spiro atoms. The average Bonchev–Trinajstić information content (AvgIpc) is 2.66. The van der Waals surface area contributed by atoms with E-state index in [9.17, 15) is 0 Å². The van der Waals surface area contributed by atoms with E-state index in [-0.39, 0.29) is 6.10 Å². The quantitative estimate of drug-likeness (QED) is 0.176.